The zero-order chi connectivity index (χ0) is 14.5. The lowest BCUT2D eigenvalue weighted by Crippen LogP contribution is -2.30. The Morgan fingerprint density at radius 3 is 2.35 bits per heavy atom. The quantitative estimate of drug-likeness (QED) is 0.872. The van der Waals surface area contributed by atoms with E-state index < -0.39 is 23.1 Å². The molecule has 20 heavy (non-hydrogen) atoms. The van der Waals surface area contributed by atoms with Gasteiger partial charge < -0.3 is 5.32 Å². The zero-order valence-electron chi connectivity index (χ0n) is 10.4. The van der Waals surface area contributed by atoms with E-state index in [0.717, 1.165) is 12.1 Å². The molecule has 0 fully saturated rings. The normalized spacial score (nSPS) is 10.1. The Kier molecular flexibility index (Phi) is 4.20. The second-order valence-electron chi connectivity index (χ2n) is 4.07. The summed E-state index contributed by atoms with van der Waals surface area (Å²) in [6.07, 6.45) is 0. The number of hydrogen-bond donors (Lipinski definition) is 1. The molecule has 0 aromatic heterocycles. The van der Waals surface area contributed by atoms with Crippen LogP contribution < -0.4 is 5.32 Å². The van der Waals surface area contributed by atoms with E-state index in [1.54, 1.807) is 30.3 Å². The number of ketones is 1. The largest absolute Gasteiger partial charge is 0.344 e. The first kappa shape index (κ1) is 13.9. The van der Waals surface area contributed by atoms with Gasteiger partial charge in [0.1, 0.15) is 0 Å². The third-order valence-electron chi connectivity index (χ3n) is 2.70. The molecule has 0 saturated heterocycles. The van der Waals surface area contributed by atoms with Crippen LogP contribution in [0, 0.1) is 11.6 Å². The highest BCUT2D eigenvalue weighted by molar-refractivity contribution is 6.02. The first-order valence-electron chi connectivity index (χ1n) is 5.90. The van der Waals surface area contributed by atoms with E-state index in [0.29, 0.717) is 5.56 Å². The van der Waals surface area contributed by atoms with E-state index >= 15 is 0 Å². The second kappa shape index (κ2) is 6.06. The average Bonchev–Trinajstić information content (AvgIpc) is 2.48. The predicted octanol–water partition coefficient (Wildman–Crippen LogP) is 2.58. The van der Waals surface area contributed by atoms with Gasteiger partial charge in [0, 0.05) is 5.56 Å². The molecule has 2 aromatic rings. The van der Waals surface area contributed by atoms with Crippen molar-refractivity contribution in [3.8, 4) is 0 Å². The van der Waals surface area contributed by atoms with Crippen LogP contribution in [0.2, 0.25) is 0 Å². The number of carbonyl (C=O) groups is 2. The van der Waals surface area contributed by atoms with Gasteiger partial charge in [0.15, 0.2) is 17.4 Å². The van der Waals surface area contributed by atoms with Crippen molar-refractivity contribution in [3.05, 3.63) is 71.3 Å². The van der Waals surface area contributed by atoms with E-state index in [2.05, 4.69) is 5.32 Å². The Labute approximate surface area is 114 Å². The monoisotopic (exact) mass is 275 g/mol. The SMILES string of the molecule is O=C(CNC(=O)c1cccc(F)c1F)c1ccccc1. The number of benzene rings is 2. The number of Topliss-reactive ketones (excluding diaryl/α,β-unsaturated/α-hetero) is 1. The Morgan fingerprint density at radius 1 is 0.950 bits per heavy atom. The summed E-state index contributed by atoms with van der Waals surface area (Å²) in [5, 5.41) is 2.27. The van der Waals surface area contributed by atoms with Crippen LogP contribution in [0.1, 0.15) is 20.7 Å². The molecule has 0 aliphatic heterocycles. The minimum absolute atomic E-state index is 0.279. The van der Waals surface area contributed by atoms with Gasteiger partial charge in [0.25, 0.3) is 5.91 Å². The van der Waals surface area contributed by atoms with Gasteiger partial charge in [0.2, 0.25) is 0 Å². The number of nitrogens with one attached hydrogen (secondary N) is 1. The predicted molar refractivity (Wildman–Crippen MR) is 69.5 cm³/mol. The summed E-state index contributed by atoms with van der Waals surface area (Å²) >= 11 is 0. The summed E-state index contributed by atoms with van der Waals surface area (Å²) in [7, 11) is 0. The van der Waals surface area contributed by atoms with Gasteiger partial charge in [-0.25, -0.2) is 8.78 Å². The maximum Gasteiger partial charge on any atom is 0.254 e. The van der Waals surface area contributed by atoms with Gasteiger partial charge >= 0.3 is 0 Å². The van der Waals surface area contributed by atoms with Crippen LogP contribution in [0.25, 0.3) is 0 Å². The van der Waals surface area contributed by atoms with Gasteiger partial charge in [-0.15, -0.1) is 0 Å². The molecule has 0 radical (unpaired) electrons. The molecular formula is C15H11F2NO2. The molecular weight excluding hydrogens is 264 g/mol. The molecule has 0 bridgehead atoms. The van der Waals surface area contributed by atoms with Gasteiger partial charge in [-0.1, -0.05) is 36.4 Å². The molecule has 3 nitrogen and oxygen atoms in total. The van der Waals surface area contributed by atoms with Crippen molar-refractivity contribution in [2.45, 2.75) is 0 Å². The first-order chi connectivity index (χ1) is 9.59. The van der Waals surface area contributed by atoms with Gasteiger partial charge in [0.05, 0.1) is 12.1 Å². The zero-order valence-corrected chi connectivity index (χ0v) is 10.4. The van der Waals surface area contributed by atoms with Gasteiger partial charge in [-0.05, 0) is 12.1 Å². The molecule has 0 heterocycles. The lowest BCUT2D eigenvalue weighted by molar-refractivity contribution is 0.0900. The van der Waals surface area contributed by atoms with Crippen LogP contribution in [-0.4, -0.2) is 18.2 Å². The third kappa shape index (κ3) is 3.06. The van der Waals surface area contributed by atoms with Crippen LogP contribution >= 0.6 is 0 Å². The van der Waals surface area contributed by atoms with Crippen LogP contribution in [-0.2, 0) is 0 Å². The summed E-state index contributed by atoms with van der Waals surface area (Å²) in [5.74, 6) is -3.47. The molecule has 0 aliphatic carbocycles. The van der Waals surface area contributed by atoms with E-state index in [-0.39, 0.29) is 12.3 Å². The fraction of sp³-hybridized carbons (Fsp3) is 0.0667. The van der Waals surface area contributed by atoms with E-state index in [4.69, 9.17) is 0 Å². The van der Waals surface area contributed by atoms with E-state index in [1.807, 2.05) is 0 Å². The van der Waals surface area contributed by atoms with Crippen LogP contribution in [0.3, 0.4) is 0 Å². The number of rotatable bonds is 4. The molecule has 5 heteroatoms. The van der Waals surface area contributed by atoms with Crippen LogP contribution in [0.4, 0.5) is 8.78 Å². The molecule has 1 amide bonds. The Morgan fingerprint density at radius 2 is 1.65 bits per heavy atom. The topological polar surface area (TPSA) is 46.2 Å². The highest BCUT2D eigenvalue weighted by Crippen LogP contribution is 2.11. The summed E-state index contributed by atoms with van der Waals surface area (Å²) in [6.45, 7) is -0.279. The lowest BCUT2D eigenvalue weighted by atomic mass is 10.1. The van der Waals surface area contributed by atoms with E-state index in [1.165, 1.54) is 6.07 Å². The molecule has 2 rings (SSSR count). The minimum Gasteiger partial charge on any atom is -0.344 e. The number of carbonyl (C=O) groups excluding carboxylic acids is 2. The van der Waals surface area contributed by atoms with Crippen molar-refractivity contribution >= 4 is 11.7 Å². The molecule has 0 unspecified atom stereocenters. The highest BCUT2D eigenvalue weighted by atomic mass is 19.2. The number of hydrogen-bond acceptors (Lipinski definition) is 2. The smallest absolute Gasteiger partial charge is 0.254 e. The molecule has 2 aromatic carbocycles. The molecule has 0 saturated carbocycles. The fourth-order valence-corrected chi connectivity index (χ4v) is 1.66. The van der Waals surface area contributed by atoms with E-state index in [9.17, 15) is 18.4 Å². The standard InChI is InChI=1S/C15H11F2NO2/c16-12-8-4-7-11(14(12)17)15(20)18-9-13(19)10-5-2-1-3-6-10/h1-8H,9H2,(H,18,20). The fourth-order valence-electron chi connectivity index (χ4n) is 1.66. The average molecular weight is 275 g/mol. The van der Waals surface area contributed by atoms with Crippen molar-refractivity contribution in [2.75, 3.05) is 6.54 Å². The maximum absolute atomic E-state index is 13.4. The van der Waals surface area contributed by atoms with Gasteiger partial charge in [-0.2, -0.15) is 0 Å². The molecule has 102 valence electrons. The van der Waals surface area contributed by atoms with Crippen molar-refractivity contribution in [3.63, 3.8) is 0 Å². The van der Waals surface area contributed by atoms with Crippen molar-refractivity contribution in [1.82, 2.24) is 5.32 Å². The maximum atomic E-state index is 13.4. The molecule has 1 N–H and O–H groups in total. The highest BCUT2D eigenvalue weighted by Gasteiger charge is 2.15. The molecule has 0 atom stereocenters. The summed E-state index contributed by atoms with van der Waals surface area (Å²) < 4.78 is 26.4. The van der Waals surface area contributed by atoms with Crippen molar-refractivity contribution in [2.24, 2.45) is 0 Å². The summed E-state index contributed by atoms with van der Waals surface area (Å²) in [5.41, 5.74) is 0.0124. The third-order valence-corrected chi connectivity index (χ3v) is 2.70. The van der Waals surface area contributed by atoms with Crippen molar-refractivity contribution < 1.29 is 18.4 Å². The first-order valence-corrected chi connectivity index (χ1v) is 5.90. The molecule has 0 aliphatic rings. The summed E-state index contributed by atoms with van der Waals surface area (Å²) in [4.78, 5) is 23.4. The van der Waals surface area contributed by atoms with Crippen LogP contribution in [0.5, 0.6) is 0 Å². The van der Waals surface area contributed by atoms with Crippen LogP contribution in [0.15, 0.2) is 48.5 Å². The minimum atomic E-state index is -1.22. The van der Waals surface area contributed by atoms with Crippen molar-refractivity contribution in [1.29, 1.82) is 0 Å². The Hall–Kier alpha value is -2.56. The van der Waals surface area contributed by atoms with Gasteiger partial charge in [-0.3, -0.25) is 9.59 Å². The Balaban J connectivity index is 2.03. The second-order valence-corrected chi connectivity index (χ2v) is 4.07. The Bertz CT molecular complexity index is 642. The lowest BCUT2D eigenvalue weighted by Gasteiger charge is -2.06. The molecule has 0 spiro atoms. The number of amides is 1. The summed E-state index contributed by atoms with van der Waals surface area (Å²) in [6, 6.07) is 11.7. The number of halogens is 2.